The van der Waals surface area contributed by atoms with Gasteiger partial charge in [0.1, 0.15) is 0 Å². The lowest BCUT2D eigenvalue weighted by molar-refractivity contribution is 0.418. The zero-order valence-corrected chi connectivity index (χ0v) is 9.88. The average Bonchev–Trinajstić information content (AvgIpc) is 2.20. The van der Waals surface area contributed by atoms with Gasteiger partial charge in [-0.25, -0.2) is 0 Å². The van der Waals surface area contributed by atoms with E-state index in [1.165, 1.54) is 24.0 Å². The molecular formula is C14H22. The van der Waals surface area contributed by atoms with Crippen molar-refractivity contribution in [1.82, 2.24) is 0 Å². The zero-order valence-electron chi connectivity index (χ0n) is 9.88. The van der Waals surface area contributed by atoms with Gasteiger partial charge < -0.3 is 0 Å². The molecule has 0 aliphatic carbocycles. The van der Waals surface area contributed by atoms with E-state index in [4.69, 9.17) is 0 Å². The Morgan fingerprint density at radius 2 is 1.64 bits per heavy atom. The molecule has 0 aliphatic rings. The molecule has 14 heavy (non-hydrogen) atoms. The summed E-state index contributed by atoms with van der Waals surface area (Å²) in [5.41, 5.74) is 2.97. The van der Waals surface area contributed by atoms with E-state index >= 15 is 0 Å². The molecule has 0 N–H and O–H groups in total. The van der Waals surface area contributed by atoms with Gasteiger partial charge in [-0.3, -0.25) is 0 Å². The molecule has 0 saturated carbocycles. The molecule has 0 aliphatic heterocycles. The van der Waals surface area contributed by atoms with E-state index in [2.05, 4.69) is 52.0 Å². The minimum Gasteiger partial charge on any atom is -0.0651 e. The van der Waals surface area contributed by atoms with Crippen molar-refractivity contribution >= 4 is 0 Å². The number of hydrogen-bond acceptors (Lipinski definition) is 0. The van der Waals surface area contributed by atoms with Crippen LogP contribution in [0.1, 0.15) is 50.7 Å². The zero-order chi connectivity index (χ0) is 10.6. The van der Waals surface area contributed by atoms with Crippen molar-refractivity contribution in [3.8, 4) is 0 Å². The fraction of sp³-hybridized carbons (Fsp3) is 0.571. The van der Waals surface area contributed by atoms with Crippen LogP contribution in [0.25, 0.3) is 0 Å². The first-order valence-electron chi connectivity index (χ1n) is 5.76. The third-order valence-corrected chi connectivity index (χ3v) is 3.43. The number of rotatable bonds is 4. The standard InChI is InChI=1S/C14H22/c1-5-13(6-2)12(4)14-10-8-7-9-11(14)3/h7-10,12-13H,5-6H2,1-4H3/t12-/m1/s1. The summed E-state index contributed by atoms with van der Waals surface area (Å²) < 4.78 is 0. The molecule has 0 heterocycles. The summed E-state index contributed by atoms with van der Waals surface area (Å²) in [6.45, 7) is 9.17. The molecule has 0 heteroatoms. The van der Waals surface area contributed by atoms with Gasteiger partial charge in [-0.05, 0) is 29.9 Å². The first-order valence-corrected chi connectivity index (χ1v) is 5.76. The summed E-state index contributed by atoms with van der Waals surface area (Å²) in [4.78, 5) is 0. The predicted molar refractivity (Wildman–Crippen MR) is 63.7 cm³/mol. The summed E-state index contributed by atoms with van der Waals surface area (Å²) in [5, 5.41) is 0. The maximum atomic E-state index is 2.36. The minimum absolute atomic E-state index is 0.700. The third-order valence-electron chi connectivity index (χ3n) is 3.43. The Labute approximate surface area is 88.4 Å². The molecule has 1 rings (SSSR count). The van der Waals surface area contributed by atoms with E-state index in [1.807, 2.05) is 0 Å². The third kappa shape index (κ3) is 2.37. The van der Waals surface area contributed by atoms with Gasteiger partial charge in [0.2, 0.25) is 0 Å². The maximum absolute atomic E-state index is 2.36. The molecule has 0 radical (unpaired) electrons. The lowest BCUT2D eigenvalue weighted by Crippen LogP contribution is -2.09. The lowest BCUT2D eigenvalue weighted by Gasteiger charge is -2.23. The second-order valence-corrected chi connectivity index (χ2v) is 4.22. The molecule has 0 unspecified atom stereocenters. The Kier molecular flexibility index (Phi) is 4.19. The summed E-state index contributed by atoms with van der Waals surface area (Å²) in [5.74, 6) is 1.53. The molecule has 1 aromatic rings. The summed E-state index contributed by atoms with van der Waals surface area (Å²) in [7, 11) is 0. The first-order chi connectivity index (χ1) is 6.70. The molecule has 1 atom stereocenters. The molecular weight excluding hydrogens is 168 g/mol. The second kappa shape index (κ2) is 5.19. The molecule has 0 fully saturated rings. The van der Waals surface area contributed by atoms with Crippen LogP contribution in [0.3, 0.4) is 0 Å². The van der Waals surface area contributed by atoms with Crippen LogP contribution >= 0.6 is 0 Å². The molecule has 0 bridgehead atoms. The lowest BCUT2D eigenvalue weighted by atomic mass is 9.82. The van der Waals surface area contributed by atoms with Crippen molar-refractivity contribution in [3.05, 3.63) is 35.4 Å². The van der Waals surface area contributed by atoms with E-state index < -0.39 is 0 Å². The molecule has 0 nitrogen and oxygen atoms in total. The quantitative estimate of drug-likeness (QED) is 0.654. The van der Waals surface area contributed by atoms with Gasteiger partial charge in [0.25, 0.3) is 0 Å². The van der Waals surface area contributed by atoms with E-state index in [0.29, 0.717) is 5.92 Å². The molecule has 0 spiro atoms. The van der Waals surface area contributed by atoms with E-state index in [-0.39, 0.29) is 0 Å². The Bertz CT molecular complexity index is 271. The van der Waals surface area contributed by atoms with Crippen LogP contribution in [-0.4, -0.2) is 0 Å². The molecule has 0 amide bonds. The van der Waals surface area contributed by atoms with E-state index in [1.54, 1.807) is 0 Å². The van der Waals surface area contributed by atoms with Gasteiger partial charge in [0, 0.05) is 0 Å². The summed E-state index contributed by atoms with van der Waals surface area (Å²) in [6.07, 6.45) is 2.57. The minimum atomic E-state index is 0.700. The van der Waals surface area contributed by atoms with Crippen LogP contribution < -0.4 is 0 Å². The van der Waals surface area contributed by atoms with Crippen molar-refractivity contribution < 1.29 is 0 Å². The highest BCUT2D eigenvalue weighted by molar-refractivity contribution is 5.29. The normalized spacial score (nSPS) is 13.2. The van der Waals surface area contributed by atoms with E-state index in [0.717, 1.165) is 5.92 Å². The second-order valence-electron chi connectivity index (χ2n) is 4.22. The summed E-state index contributed by atoms with van der Waals surface area (Å²) >= 11 is 0. The van der Waals surface area contributed by atoms with Crippen LogP contribution in [0, 0.1) is 12.8 Å². The number of aryl methyl sites for hydroxylation is 1. The van der Waals surface area contributed by atoms with Crippen LogP contribution in [0.15, 0.2) is 24.3 Å². The van der Waals surface area contributed by atoms with Crippen LogP contribution in [0.4, 0.5) is 0 Å². The van der Waals surface area contributed by atoms with Gasteiger partial charge in [-0.1, -0.05) is 57.9 Å². The van der Waals surface area contributed by atoms with Crippen LogP contribution in [0.2, 0.25) is 0 Å². The van der Waals surface area contributed by atoms with Crippen molar-refractivity contribution in [3.63, 3.8) is 0 Å². The number of benzene rings is 1. The highest BCUT2D eigenvalue weighted by Crippen LogP contribution is 2.30. The monoisotopic (exact) mass is 190 g/mol. The van der Waals surface area contributed by atoms with Crippen molar-refractivity contribution in [1.29, 1.82) is 0 Å². The predicted octanol–water partition coefficient (Wildman–Crippen LogP) is 4.53. The van der Waals surface area contributed by atoms with E-state index in [9.17, 15) is 0 Å². The van der Waals surface area contributed by atoms with Gasteiger partial charge in [-0.15, -0.1) is 0 Å². The van der Waals surface area contributed by atoms with Gasteiger partial charge in [0.15, 0.2) is 0 Å². The fourth-order valence-electron chi connectivity index (χ4n) is 2.35. The first kappa shape index (κ1) is 11.3. The molecule has 1 aromatic carbocycles. The van der Waals surface area contributed by atoms with Gasteiger partial charge in [0.05, 0.1) is 0 Å². The number of hydrogen-bond donors (Lipinski definition) is 0. The molecule has 0 saturated heterocycles. The summed E-state index contributed by atoms with van der Waals surface area (Å²) in [6, 6.07) is 8.77. The Morgan fingerprint density at radius 3 is 2.14 bits per heavy atom. The molecule has 78 valence electrons. The largest absolute Gasteiger partial charge is 0.0651 e. The van der Waals surface area contributed by atoms with Crippen molar-refractivity contribution in [2.75, 3.05) is 0 Å². The molecule has 0 aromatic heterocycles. The van der Waals surface area contributed by atoms with Gasteiger partial charge >= 0.3 is 0 Å². The maximum Gasteiger partial charge on any atom is -0.0160 e. The highest BCUT2D eigenvalue weighted by Gasteiger charge is 2.16. The fourth-order valence-corrected chi connectivity index (χ4v) is 2.35. The Balaban J connectivity index is 2.88. The average molecular weight is 190 g/mol. The van der Waals surface area contributed by atoms with Crippen molar-refractivity contribution in [2.24, 2.45) is 5.92 Å². The van der Waals surface area contributed by atoms with Crippen LogP contribution in [0.5, 0.6) is 0 Å². The Morgan fingerprint density at radius 1 is 1.07 bits per heavy atom. The SMILES string of the molecule is CCC(CC)[C@@H](C)c1ccccc1C. The Hall–Kier alpha value is -0.780. The van der Waals surface area contributed by atoms with Gasteiger partial charge in [-0.2, -0.15) is 0 Å². The highest BCUT2D eigenvalue weighted by atomic mass is 14.2. The smallest absolute Gasteiger partial charge is 0.0160 e. The van der Waals surface area contributed by atoms with Crippen molar-refractivity contribution in [2.45, 2.75) is 46.5 Å². The van der Waals surface area contributed by atoms with Crippen LogP contribution in [-0.2, 0) is 0 Å². The topological polar surface area (TPSA) is 0 Å².